The van der Waals surface area contributed by atoms with Crippen LogP contribution in [0.15, 0.2) is 70.6 Å². The van der Waals surface area contributed by atoms with Crippen LogP contribution < -0.4 is 10.5 Å². The minimum atomic E-state index is -1.16. The quantitative estimate of drug-likeness (QED) is 0.309. The fourth-order valence-corrected chi connectivity index (χ4v) is 10.2. The zero-order chi connectivity index (χ0) is 39.3. The van der Waals surface area contributed by atoms with E-state index in [2.05, 4.69) is 42.8 Å². The van der Waals surface area contributed by atoms with Gasteiger partial charge in [0.05, 0.1) is 53.4 Å². The lowest BCUT2D eigenvalue weighted by atomic mass is 9.87. The van der Waals surface area contributed by atoms with E-state index in [9.17, 15) is 4.21 Å². The zero-order valence-corrected chi connectivity index (χ0v) is 36.2. The van der Waals surface area contributed by atoms with Crippen molar-refractivity contribution in [3.63, 3.8) is 0 Å². The molecule has 0 aliphatic carbocycles. The van der Waals surface area contributed by atoms with Crippen LogP contribution in [0.1, 0.15) is 59.6 Å². The molecule has 0 saturated carbocycles. The van der Waals surface area contributed by atoms with Gasteiger partial charge in [0.2, 0.25) is 0 Å². The van der Waals surface area contributed by atoms with Crippen molar-refractivity contribution in [2.24, 2.45) is 27.6 Å². The predicted octanol–water partition coefficient (Wildman–Crippen LogP) is 5.72. The summed E-state index contributed by atoms with van der Waals surface area (Å²) in [5.41, 5.74) is 8.37. The van der Waals surface area contributed by atoms with E-state index in [-0.39, 0.29) is 76.0 Å². The molecular formula is C40H62N6O5S3. The summed E-state index contributed by atoms with van der Waals surface area (Å²) in [6.45, 7) is 15.4. The molecule has 0 radical (unpaired) electrons. The van der Waals surface area contributed by atoms with Crippen molar-refractivity contribution in [2.45, 2.75) is 126 Å². The van der Waals surface area contributed by atoms with Gasteiger partial charge in [-0.2, -0.15) is 0 Å². The van der Waals surface area contributed by atoms with Crippen molar-refractivity contribution >= 4 is 44.8 Å². The van der Waals surface area contributed by atoms with Gasteiger partial charge in [0.15, 0.2) is 10.3 Å². The Kier molecular flexibility index (Phi) is 15.1. The normalized spacial score (nSPS) is 32.2. The monoisotopic (exact) mass is 802 g/mol. The lowest BCUT2D eigenvalue weighted by molar-refractivity contribution is -0.142. The van der Waals surface area contributed by atoms with Crippen LogP contribution >= 0.6 is 23.5 Å². The standard InChI is InChI=1S/C22H35N3O3S2.C18H27N3O2S/c1-14-18(15(2)24-30(26)22(3,4)5)28-20-17(23-21(29-20)25(6)7)19(14)27-13-16-11-9-8-10-12-16;1-11-15(12(2)19)23-17-14(20-18(24-17)21(3)4)16(11)22-10-13-8-6-5-7-9-13/h8-12,14-15,17-20,24H,13H2,1-7H3;5-9,11-12,14-17H,10,19H2,1-4H3/t14-,15?,17-,18+,19+,20-,30?;11-,12?,14-,15+,16+,17-/m11/s1. The van der Waals surface area contributed by atoms with E-state index in [1.54, 1.807) is 23.5 Å². The minimum absolute atomic E-state index is 0.00454. The summed E-state index contributed by atoms with van der Waals surface area (Å²) >= 11 is 3.32. The van der Waals surface area contributed by atoms with Gasteiger partial charge in [0.25, 0.3) is 0 Å². The number of amidine groups is 2. The smallest absolute Gasteiger partial charge is 0.161 e. The Hall–Kier alpha value is -2.01. The molecule has 2 aromatic carbocycles. The first-order valence-electron chi connectivity index (χ1n) is 18.9. The zero-order valence-electron chi connectivity index (χ0n) is 33.7. The highest BCUT2D eigenvalue weighted by Gasteiger charge is 2.51. The molecule has 0 spiro atoms. The van der Waals surface area contributed by atoms with Gasteiger partial charge in [-0.1, -0.05) is 98.0 Å². The van der Waals surface area contributed by atoms with Gasteiger partial charge in [0, 0.05) is 52.1 Å². The molecular weight excluding hydrogens is 741 g/mol. The van der Waals surface area contributed by atoms with Crippen molar-refractivity contribution in [2.75, 3.05) is 28.2 Å². The number of hydrogen-bond acceptors (Lipinski definition) is 12. The van der Waals surface area contributed by atoms with Crippen LogP contribution in [0.5, 0.6) is 0 Å². The second kappa shape index (κ2) is 19.0. The summed E-state index contributed by atoms with van der Waals surface area (Å²) in [5.74, 6) is 0.293. The van der Waals surface area contributed by atoms with E-state index in [0.717, 1.165) is 15.9 Å². The Balaban J connectivity index is 0.000000213. The van der Waals surface area contributed by atoms with Crippen LogP contribution in [0.25, 0.3) is 0 Å². The van der Waals surface area contributed by atoms with E-state index in [4.69, 9.17) is 34.7 Å². The molecule has 4 heterocycles. The first-order chi connectivity index (χ1) is 25.5. The molecule has 2 fully saturated rings. The number of aliphatic imine (C=N–C) groups is 2. The number of benzene rings is 2. The number of hydrogen-bond donors (Lipinski definition) is 2. The van der Waals surface area contributed by atoms with Crippen LogP contribution in [0.2, 0.25) is 0 Å². The highest BCUT2D eigenvalue weighted by Crippen LogP contribution is 2.43. The summed E-state index contributed by atoms with van der Waals surface area (Å²) in [4.78, 5) is 13.8. The molecule has 300 valence electrons. The van der Waals surface area contributed by atoms with Crippen molar-refractivity contribution in [3.8, 4) is 0 Å². The van der Waals surface area contributed by atoms with Crippen molar-refractivity contribution in [3.05, 3.63) is 71.8 Å². The topological polar surface area (TPSA) is 123 Å². The second-order valence-corrected chi connectivity index (χ2v) is 20.3. The number of ether oxygens (including phenoxy) is 4. The summed E-state index contributed by atoms with van der Waals surface area (Å²) < 4.78 is 41.1. The Bertz CT molecular complexity index is 1580. The first kappa shape index (κ1) is 43.1. The van der Waals surface area contributed by atoms with Gasteiger partial charge in [0.1, 0.15) is 23.0 Å². The number of thioether (sulfide) groups is 2. The van der Waals surface area contributed by atoms with Crippen LogP contribution in [0.3, 0.4) is 0 Å². The largest absolute Gasteiger partial charge is 0.371 e. The van der Waals surface area contributed by atoms with E-state index >= 15 is 0 Å². The third-order valence-electron chi connectivity index (χ3n) is 10.0. The molecule has 3 N–H and O–H groups in total. The van der Waals surface area contributed by atoms with Gasteiger partial charge in [-0.3, -0.25) is 9.98 Å². The number of nitrogens with one attached hydrogen (secondary N) is 1. The van der Waals surface area contributed by atoms with Gasteiger partial charge in [-0.15, -0.1) is 0 Å². The van der Waals surface area contributed by atoms with Crippen LogP contribution in [-0.4, -0.2) is 117 Å². The Labute approximate surface area is 334 Å². The molecule has 4 aliphatic rings. The van der Waals surface area contributed by atoms with Crippen LogP contribution in [0.4, 0.5) is 0 Å². The second-order valence-electron chi connectivity index (χ2n) is 16.2. The third-order valence-corrected chi connectivity index (χ3v) is 14.3. The first-order valence-corrected chi connectivity index (χ1v) is 21.8. The van der Waals surface area contributed by atoms with E-state index < -0.39 is 11.0 Å². The number of rotatable bonds is 10. The van der Waals surface area contributed by atoms with E-state index in [1.807, 2.05) is 109 Å². The Morgan fingerprint density at radius 3 is 1.57 bits per heavy atom. The van der Waals surface area contributed by atoms with Crippen molar-refractivity contribution < 1.29 is 23.2 Å². The molecule has 2 saturated heterocycles. The van der Waals surface area contributed by atoms with Gasteiger partial charge in [-0.25, -0.2) is 8.93 Å². The summed E-state index contributed by atoms with van der Waals surface area (Å²) in [6.07, 6.45) is -0.213. The minimum Gasteiger partial charge on any atom is -0.371 e. The Morgan fingerprint density at radius 1 is 0.778 bits per heavy atom. The fraction of sp³-hybridized carbons (Fsp3) is 0.650. The third kappa shape index (κ3) is 10.7. The molecule has 54 heavy (non-hydrogen) atoms. The van der Waals surface area contributed by atoms with Crippen molar-refractivity contribution in [1.29, 1.82) is 0 Å². The van der Waals surface area contributed by atoms with Gasteiger partial charge in [-0.05, 0) is 45.7 Å². The average Bonchev–Trinajstić information content (AvgIpc) is 3.76. The van der Waals surface area contributed by atoms with Crippen molar-refractivity contribution in [1.82, 2.24) is 14.5 Å². The van der Waals surface area contributed by atoms with Crippen LogP contribution in [-0.2, 0) is 43.1 Å². The van der Waals surface area contributed by atoms with E-state index in [1.165, 1.54) is 5.56 Å². The molecule has 14 heteroatoms. The maximum Gasteiger partial charge on any atom is 0.161 e. The summed E-state index contributed by atoms with van der Waals surface area (Å²) in [6, 6.07) is 20.3. The molecule has 4 aliphatic heterocycles. The maximum atomic E-state index is 12.7. The lowest BCUT2D eigenvalue weighted by Crippen LogP contribution is -2.58. The molecule has 0 bridgehead atoms. The average molecular weight is 803 g/mol. The molecule has 13 atom stereocenters. The number of nitrogens with zero attached hydrogens (tertiary/aromatic N) is 4. The van der Waals surface area contributed by atoms with Gasteiger partial charge >= 0.3 is 0 Å². The summed E-state index contributed by atoms with van der Waals surface area (Å²) in [5, 5.41) is 1.96. The summed E-state index contributed by atoms with van der Waals surface area (Å²) in [7, 11) is 6.86. The molecule has 0 aromatic heterocycles. The molecule has 0 amide bonds. The highest BCUT2D eigenvalue weighted by atomic mass is 32.2. The molecule has 3 unspecified atom stereocenters. The number of fused-ring (bicyclic) bond motifs is 2. The van der Waals surface area contributed by atoms with Gasteiger partial charge < -0.3 is 34.5 Å². The SMILES string of the molecule is CC(N)[C@H]1O[C@@H]2SC(N(C)C)=N[C@@H]2[C@@H](OCc2ccccc2)[C@@H]1C.CC(NS(=O)C(C)(C)C)[C@H]1O[C@@H]2SC(N(C)C)=N[C@@H]2[C@@H](OCc2ccccc2)[C@@H]1C. The maximum absolute atomic E-state index is 12.7. The van der Waals surface area contributed by atoms with E-state index in [0.29, 0.717) is 13.2 Å². The molecule has 2 aromatic rings. The fourth-order valence-electron chi connectivity index (χ4n) is 7.08. The molecule has 6 rings (SSSR count). The highest BCUT2D eigenvalue weighted by molar-refractivity contribution is 8.14. The molecule has 11 nitrogen and oxygen atoms in total. The van der Waals surface area contributed by atoms with Crippen LogP contribution in [0, 0.1) is 11.8 Å². The lowest BCUT2D eigenvalue weighted by Gasteiger charge is -2.44. The predicted molar refractivity (Wildman–Crippen MR) is 225 cm³/mol. The number of nitrogens with two attached hydrogens (primary N) is 1. The Morgan fingerprint density at radius 2 is 1.19 bits per heavy atom.